The van der Waals surface area contributed by atoms with E-state index in [1.54, 1.807) is 0 Å². The Morgan fingerprint density at radius 1 is 1.25 bits per heavy atom. The number of fused-ring (bicyclic) bond motifs is 5. The summed E-state index contributed by atoms with van der Waals surface area (Å²) in [6, 6.07) is 2.07. The normalized spacial score (nSPS) is 30.7. The van der Waals surface area contributed by atoms with E-state index in [0.717, 1.165) is 11.8 Å². The lowest BCUT2D eigenvalue weighted by Gasteiger charge is -2.13. The highest BCUT2D eigenvalue weighted by molar-refractivity contribution is 5.45. The van der Waals surface area contributed by atoms with E-state index in [-0.39, 0.29) is 0 Å². The SMILES string of the molecule is Nc1cc2c(cn1)C1CCC2C1. The van der Waals surface area contributed by atoms with Crippen molar-refractivity contribution in [1.82, 2.24) is 4.98 Å². The van der Waals surface area contributed by atoms with E-state index in [2.05, 4.69) is 11.1 Å². The van der Waals surface area contributed by atoms with Gasteiger partial charge in [0.25, 0.3) is 0 Å². The molecule has 0 aromatic carbocycles. The molecule has 0 aliphatic heterocycles. The second kappa shape index (κ2) is 2.00. The van der Waals surface area contributed by atoms with Crippen molar-refractivity contribution in [2.45, 2.75) is 31.1 Å². The molecule has 1 saturated carbocycles. The largest absolute Gasteiger partial charge is 0.384 e. The van der Waals surface area contributed by atoms with Gasteiger partial charge in [-0.3, -0.25) is 0 Å². The van der Waals surface area contributed by atoms with E-state index in [1.807, 2.05) is 6.20 Å². The number of pyridine rings is 1. The maximum Gasteiger partial charge on any atom is 0.123 e. The molecule has 1 aromatic rings. The number of anilines is 1. The summed E-state index contributed by atoms with van der Waals surface area (Å²) in [5.74, 6) is 2.29. The number of nitrogens with zero attached hydrogens (tertiary/aromatic N) is 1. The molecule has 1 heterocycles. The van der Waals surface area contributed by atoms with Crippen LogP contribution in [0.3, 0.4) is 0 Å². The lowest BCUT2D eigenvalue weighted by molar-refractivity contribution is 0.714. The first-order chi connectivity index (χ1) is 5.84. The minimum Gasteiger partial charge on any atom is -0.384 e. The maximum atomic E-state index is 5.65. The molecule has 0 saturated heterocycles. The lowest BCUT2D eigenvalue weighted by Crippen LogP contribution is -2.00. The predicted molar refractivity (Wildman–Crippen MR) is 48.0 cm³/mol. The van der Waals surface area contributed by atoms with Gasteiger partial charge in [-0.2, -0.15) is 0 Å². The minimum atomic E-state index is 0.682. The van der Waals surface area contributed by atoms with Gasteiger partial charge in [-0.15, -0.1) is 0 Å². The van der Waals surface area contributed by atoms with E-state index in [0.29, 0.717) is 5.82 Å². The van der Waals surface area contributed by atoms with Gasteiger partial charge in [-0.1, -0.05) is 0 Å². The van der Waals surface area contributed by atoms with Gasteiger partial charge in [0.1, 0.15) is 5.82 Å². The number of nitrogens with two attached hydrogens (primary N) is 1. The first kappa shape index (κ1) is 6.46. The molecule has 12 heavy (non-hydrogen) atoms. The molecule has 2 aliphatic carbocycles. The molecule has 2 heteroatoms. The van der Waals surface area contributed by atoms with Gasteiger partial charge in [0.05, 0.1) is 0 Å². The smallest absolute Gasteiger partial charge is 0.123 e. The number of rotatable bonds is 0. The average molecular weight is 160 g/mol. The lowest BCUT2D eigenvalue weighted by atomic mass is 9.93. The number of hydrogen-bond donors (Lipinski definition) is 1. The highest BCUT2D eigenvalue weighted by Crippen LogP contribution is 2.52. The van der Waals surface area contributed by atoms with Gasteiger partial charge < -0.3 is 5.73 Å². The number of aromatic nitrogens is 1. The number of hydrogen-bond acceptors (Lipinski definition) is 2. The van der Waals surface area contributed by atoms with Gasteiger partial charge in [0, 0.05) is 6.20 Å². The predicted octanol–water partition coefficient (Wildman–Crippen LogP) is 2.03. The molecular formula is C10H12N2. The Morgan fingerprint density at radius 3 is 2.83 bits per heavy atom. The van der Waals surface area contributed by atoms with Crippen LogP contribution in [0.4, 0.5) is 5.82 Å². The molecule has 2 N–H and O–H groups in total. The molecule has 2 atom stereocenters. The molecule has 3 rings (SSSR count). The third-order valence-corrected chi connectivity index (χ3v) is 3.30. The van der Waals surface area contributed by atoms with Crippen molar-refractivity contribution in [3.63, 3.8) is 0 Å². The Labute approximate surface area is 71.8 Å². The summed E-state index contributed by atoms with van der Waals surface area (Å²) >= 11 is 0. The summed E-state index contributed by atoms with van der Waals surface area (Å²) < 4.78 is 0. The van der Waals surface area contributed by atoms with Crippen molar-refractivity contribution in [1.29, 1.82) is 0 Å². The monoisotopic (exact) mass is 160 g/mol. The zero-order valence-electron chi connectivity index (χ0n) is 6.96. The Bertz CT molecular complexity index is 333. The molecule has 2 aliphatic rings. The van der Waals surface area contributed by atoms with Crippen LogP contribution in [0.5, 0.6) is 0 Å². The van der Waals surface area contributed by atoms with Crippen molar-refractivity contribution >= 4 is 5.82 Å². The van der Waals surface area contributed by atoms with Crippen molar-refractivity contribution in [3.05, 3.63) is 23.4 Å². The first-order valence-electron chi connectivity index (χ1n) is 4.60. The molecule has 1 aromatic heterocycles. The topological polar surface area (TPSA) is 38.9 Å². The fourth-order valence-electron chi connectivity index (χ4n) is 2.74. The highest BCUT2D eigenvalue weighted by atomic mass is 14.8. The van der Waals surface area contributed by atoms with Crippen LogP contribution in [0.1, 0.15) is 42.2 Å². The summed E-state index contributed by atoms with van der Waals surface area (Å²) in [6.45, 7) is 0. The van der Waals surface area contributed by atoms with Gasteiger partial charge in [0.15, 0.2) is 0 Å². The molecule has 0 radical (unpaired) electrons. The van der Waals surface area contributed by atoms with E-state index in [1.165, 1.54) is 30.4 Å². The maximum absolute atomic E-state index is 5.65. The zero-order chi connectivity index (χ0) is 8.13. The van der Waals surface area contributed by atoms with Crippen molar-refractivity contribution in [2.75, 3.05) is 5.73 Å². The van der Waals surface area contributed by atoms with E-state index < -0.39 is 0 Å². The molecule has 2 unspecified atom stereocenters. The van der Waals surface area contributed by atoms with Crippen molar-refractivity contribution in [2.24, 2.45) is 0 Å². The molecule has 62 valence electrons. The number of nitrogen functional groups attached to an aromatic ring is 1. The minimum absolute atomic E-state index is 0.682. The second-order valence-corrected chi connectivity index (χ2v) is 3.94. The molecule has 2 bridgehead atoms. The third kappa shape index (κ3) is 0.675. The zero-order valence-corrected chi connectivity index (χ0v) is 6.96. The van der Waals surface area contributed by atoms with Crippen LogP contribution in [0.25, 0.3) is 0 Å². The summed E-state index contributed by atoms with van der Waals surface area (Å²) in [7, 11) is 0. The van der Waals surface area contributed by atoms with Crippen LogP contribution in [-0.4, -0.2) is 4.98 Å². The van der Waals surface area contributed by atoms with Crippen LogP contribution in [0, 0.1) is 0 Å². The molecule has 2 nitrogen and oxygen atoms in total. The van der Waals surface area contributed by atoms with Crippen LogP contribution < -0.4 is 5.73 Å². The van der Waals surface area contributed by atoms with Gasteiger partial charge >= 0.3 is 0 Å². The van der Waals surface area contributed by atoms with Gasteiger partial charge in [0.2, 0.25) is 0 Å². The Hall–Kier alpha value is -1.05. The Balaban J connectivity index is 2.20. The third-order valence-electron chi connectivity index (χ3n) is 3.30. The summed E-state index contributed by atoms with van der Waals surface area (Å²) in [4.78, 5) is 4.15. The first-order valence-corrected chi connectivity index (χ1v) is 4.60. The molecule has 0 amide bonds. The van der Waals surface area contributed by atoms with E-state index in [9.17, 15) is 0 Å². The molecule has 0 spiro atoms. The molecular weight excluding hydrogens is 148 g/mol. The summed E-state index contributed by atoms with van der Waals surface area (Å²) in [6.07, 6.45) is 6.05. The fraction of sp³-hybridized carbons (Fsp3) is 0.500. The fourth-order valence-corrected chi connectivity index (χ4v) is 2.74. The Kier molecular flexibility index (Phi) is 1.08. The summed E-state index contributed by atoms with van der Waals surface area (Å²) in [5.41, 5.74) is 8.61. The highest BCUT2D eigenvalue weighted by Gasteiger charge is 2.36. The standard InChI is InChI=1S/C10H12N2/c11-10-4-8-6-1-2-7(3-6)9(8)5-12-10/h4-7H,1-3H2,(H2,11,12). The molecule has 1 fully saturated rings. The summed E-state index contributed by atoms with van der Waals surface area (Å²) in [5, 5.41) is 0. The average Bonchev–Trinajstić information content (AvgIpc) is 2.63. The van der Waals surface area contributed by atoms with Crippen molar-refractivity contribution < 1.29 is 0 Å². The van der Waals surface area contributed by atoms with Crippen LogP contribution in [-0.2, 0) is 0 Å². The van der Waals surface area contributed by atoms with Crippen LogP contribution in [0.2, 0.25) is 0 Å². The Morgan fingerprint density at radius 2 is 2.00 bits per heavy atom. The second-order valence-electron chi connectivity index (χ2n) is 3.94. The van der Waals surface area contributed by atoms with Crippen LogP contribution >= 0.6 is 0 Å². The van der Waals surface area contributed by atoms with E-state index >= 15 is 0 Å². The van der Waals surface area contributed by atoms with Gasteiger partial charge in [-0.05, 0) is 48.3 Å². The van der Waals surface area contributed by atoms with Crippen LogP contribution in [0.15, 0.2) is 12.3 Å². The van der Waals surface area contributed by atoms with Crippen molar-refractivity contribution in [3.8, 4) is 0 Å². The van der Waals surface area contributed by atoms with E-state index in [4.69, 9.17) is 5.73 Å². The quantitative estimate of drug-likeness (QED) is 0.630. The van der Waals surface area contributed by atoms with Gasteiger partial charge in [-0.25, -0.2) is 4.98 Å².